The molecule has 1 amide bonds. The number of para-hydroxylation sites is 1. The van der Waals surface area contributed by atoms with E-state index in [1.165, 1.54) is 43.6 Å². The van der Waals surface area contributed by atoms with Crippen molar-refractivity contribution in [2.45, 2.75) is 4.90 Å². The van der Waals surface area contributed by atoms with Crippen molar-refractivity contribution < 1.29 is 21.8 Å². The normalized spacial score (nSPS) is 11.0. The van der Waals surface area contributed by atoms with E-state index in [1.807, 2.05) is 0 Å². The van der Waals surface area contributed by atoms with Crippen LogP contribution in [0.4, 0.5) is 9.57 Å². The summed E-state index contributed by atoms with van der Waals surface area (Å²) in [6.07, 6.45) is 1.44. The highest BCUT2D eigenvalue weighted by atomic mass is 32.3. The number of nitrogens with one attached hydrogen (secondary N) is 1. The van der Waals surface area contributed by atoms with E-state index in [0.29, 0.717) is 0 Å². The van der Waals surface area contributed by atoms with Crippen LogP contribution in [0.25, 0.3) is 0 Å². The van der Waals surface area contributed by atoms with Crippen molar-refractivity contribution in [2.24, 2.45) is 0 Å². The predicted molar refractivity (Wildman–Crippen MR) is 73.5 cm³/mol. The van der Waals surface area contributed by atoms with Crippen LogP contribution in [0.1, 0.15) is 10.4 Å². The number of anilines is 1. The molecule has 1 N–H and O–H groups in total. The predicted octanol–water partition coefficient (Wildman–Crippen LogP) is 2.00. The van der Waals surface area contributed by atoms with E-state index in [9.17, 15) is 17.1 Å². The van der Waals surface area contributed by atoms with Crippen molar-refractivity contribution in [1.82, 2.24) is 4.98 Å². The fraction of sp³-hybridized carbons (Fsp3) is 0.0769. The molecule has 0 radical (unpaired) electrons. The fourth-order valence-electron chi connectivity index (χ4n) is 1.70. The highest BCUT2D eigenvalue weighted by molar-refractivity contribution is 7.86. The first-order valence-corrected chi connectivity index (χ1v) is 7.16. The number of hydrogen-bond donors (Lipinski definition) is 1. The Morgan fingerprint density at radius 1 is 1.24 bits per heavy atom. The van der Waals surface area contributed by atoms with Gasteiger partial charge in [0.1, 0.15) is 10.5 Å². The van der Waals surface area contributed by atoms with Crippen LogP contribution in [0.5, 0.6) is 5.88 Å². The Balaban J connectivity index is 2.37. The van der Waals surface area contributed by atoms with Gasteiger partial charge in [0, 0.05) is 6.20 Å². The third-order valence-corrected chi connectivity index (χ3v) is 3.49. The highest BCUT2D eigenvalue weighted by Crippen LogP contribution is 2.24. The molecule has 0 aliphatic heterocycles. The van der Waals surface area contributed by atoms with E-state index >= 15 is 0 Å². The second-order valence-electron chi connectivity index (χ2n) is 3.95. The van der Waals surface area contributed by atoms with Crippen LogP contribution >= 0.6 is 0 Å². The summed E-state index contributed by atoms with van der Waals surface area (Å²) in [6, 6.07) is 8.15. The molecule has 0 saturated carbocycles. The van der Waals surface area contributed by atoms with Gasteiger partial charge in [-0.05, 0) is 24.3 Å². The second kappa shape index (κ2) is 5.88. The van der Waals surface area contributed by atoms with Crippen molar-refractivity contribution in [1.29, 1.82) is 0 Å². The zero-order valence-corrected chi connectivity index (χ0v) is 11.7. The first-order chi connectivity index (χ1) is 9.93. The molecule has 21 heavy (non-hydrogen) atoms. The topological polar surface area (TPSA) is 85.4 Å². The standard InChI is InChI=1S/C13H11FN2O4S/c1-20-13-9(5-4-8-15-13)12(17)16-10-6-2-3-7-11(10)21(14,18)19/h2-8H,1H3,(H,16,17). The summed E-state index contributed by atoms with van der Waals surface area (Å²) in [7, 11) is -3.59. The van der Waals surface area contributed by atoms with Crippen LogP contribution in [-0.4, -0.2) is 26.4 Å². The summed E-state index contributed by atoms with van der Waals surface area (Å²) in [4.78, 5) is 15.4. The molecule has 110 valence electrons. The highest BCUT2D eigenvalue weighted by Gasteiger charge is 2.20. The molecule has 0 saturated heterocycles. The molecule has 0 atom stereocenters. The lowest BCUT2D eigenvalue weighted by atomic mass is 10.2. The minimum atomic E-state index is -4.94. The van der Waals surface area contributed by atoms with E-state index in [0.717, 1.165) is 6.07 Å². The molecule has 2 rings (SSSR count). The minimum Gasteiger partial charge on any atom is -0.480 e. The van der Waals surface area contributed by atoms with Gasteiger partial charge in [-0.1, -0.05) is 12.1 Å². The summed E-state index contributed by atoms with van der Waals surface area (Å²) in [5.41, 5.74) is -0.0537. The summed E-state index contributed by atoms with van der Waals surface area (Å²) in [6.45, 7) is 0. The zero-order chi connectivity index (χ0) is 15.5. The number of aromatic nitrogens is 1. The lowest BCUT2D eigenvalue weighted by Crippen LogP contribution is -2.15. The summed E-state index contributed by atoms with van der Waals surface area (Å²) in [5.74, 6) is -0.577. The summed E-state index contributed by atoms with van der Waals surface area (Å²) < 4.78 is 40.2. The first kappa shape index (κ1) is 14.9. The summed E-state index contributed by atoms with van der Waals surface area (Å²) >= 11 is 0. The van der Waals surface area contributed by atoms with Gasteiger partial charge in [-0.3, -0.25) is 4.79 Å². The molecule has 0 unspecified atom stereocenters. The maximum absolute atomic E-state index is 13.2. The fourth-order valence-corrected chi connectivity index (χ4v) is 2.32. The van der Waals surface area contributed by atoms with E-state index in [4.69, 9.17) is 4.74 Å². The Bertz CT molecular complexity index is 777. The van der Waals surface area contributed by atoms with Gasteiger partial charge in [0.2, 0.25) is 5.88 Å². The van der Waals surface area contributed by atoms with Crippen molar-refractivity contribution in [2.75, 3.05) is 12.4 Å². The van der Waals surface area contributed by atoms with Gasteiger partial charge in [0.05, 0.1) is 12.8 Å². The number of amides is 1. The number of carbonyl (C=O) groups is 1. The number of nitrogens with zero attached hydrogens (tertiary/aromatic N) is 1. The zero-order valence-electron chi connectivity index (χ0n) is 10.9. The van der Waals surface area contributed by atoms with Crippen molar-refractivity contribution >= 4 is 21.8 Å². The van der Waals surface area contributed by atoms with E-state index < -0.39 is 21.0 Å². The van der Waals surface area contributed by atoms with Gasteiger partial charge < -0.3 is 10.1 Å². The Kier molecular flexibility index (Phi) is 4.18. The molecule has 0 aliphatic carbocycles. The number of halogens is 1. The molecule has 0 bridgehead atoms. The van der Waals surface area contributed by atoms with Gasteiger partial charge in [-0.15, -0.1) is 3.89 Å². The molecule has 0 spiro atoms. The monoisotopic (exact) mass is 310 g/mol. The quantitative estimate of drug-likeness (QED) is 0.873. The SMILES string of the molecule is COc1ncccc1C(=O)Nc1ccccc1S(=O)(=O)F. The van der Waals surface area contributed by atoms with Crippen LogP contribution in [0.2, 0.25) is 0 Å². The number of rotatable bonds is 4. The number of pyridine rings is 1. The number of carbonyl (C=O) groups excluding carboxylic acids is 1. The van der Waals surface area contributed by atoms with Gasteiger partial charge >= 0.3 is 10.2 Å². The van der Waals surface area contributed by atoms with E-state index in [2.05, 4.69) is 10.3 Å². The van der Waals surface area contributed by atoms with Gasteiger partial charge in [-0.2, -0.15) is 8.42 Å². The lowest BCUT2D eigenvalue weighted by molar-refractivity contribution is 0.102. The smallest absolute Gasteiger partial charge is 0.334 e. The van der Waals surface area contributed by atoms with E-state index in [1.54, 1.807) is 0 Å². The first-order valence-electron chi connectivity index (χ1n) is 5.77. The molecule has 8 heteroatoms. The average molecular weight is 310 g/mol. The Morgan fingerprint density at radius 2 is 1.95 bits per heavy atom. The number of hydrogen-bond acceptors (Lipinski definition) is 5. The maximum atomic E-state index is 13.2. The third-order valence-electron chi connectivity index (χ3n) is 2.61. The Morgan fingerprint density at radius 3 is 2.62 bits per heavy atom. The van der Waals surface area contributed by atoms with Crippen LogP contribution in [0.3, 0.4) is 0 Å². The molecule has 0 aliphatic rings. The number of methoxy groups -OCH3 is 1. The van der Waals surface area contributed by atoms with Gasteiger partial charge in [0.25, 0.3) is 5.91 Å². The molecular weight excluding hydrogens is 299 g/mol. The van der Waals surface area contributed by atoms with Crippen molar-refractivity contribution in [3.05, 3.63) is 48.2 Å². The Labute approximate surface area is 120 Å². The van der Waals surface area contributed by atoms with Crippen LogP contribution < -0.4 is 10.1 Å². The minimum absolute atomic E-state index is 0.0792. The summed E-state index contributed by atoms with van der Waals surface area (Å²) in [5, 5.41) is 2.33. The third kappa shape index (κ3) is 3.34. The molecule has 2 aromatic rings. The van der Waals surface area contributed by atoms with Crippen LogP contribution in [-0.2, 0) is 10.2 Å². The maximum Gasteiger partial charge on any atom is 0.334 e. The molecule has 1 aromatic carbocycles. The largest absolute Gasteiger partial charge is 0.480 e. The van der Waals surface area contributed by atoms with Crippen LogP contribution in [0, 0.1) is 0 Å². The molecule has 1 heterocycles. The molecule has 6 nitrogen and oxygen atoms in total. The van der Waals surface area contributed by atoms with Crippen molar-refractivity contribution in [3.8, 4) is 5.88 Å². The van der Waals surface area contributed by atoms with Crippen molar-refractivity contribution in [3.63, 3.8) is 0 Å². The number of benzene rings is 1. The van der Waals surface area contributed by atoms with Gasteiger partial charge in [0.15, 0.2) is 0 Å². The van der Waals surface area contributed by atoms with Crippen LogP contribution in [0.15, 0.2) is 47.5 Å². The van der Waals surface area contributed by atoms with E-state index in [-0.39, 0.29) is 17.1 Å². The molecule has 0 fully saturated rings. The number of ether oxygens (including phenoxy) is 1. The molecular formula is C13H11FN2O4S. The second-order valence-corrected chi connectivity index (χ2v) is 5.26. The van der Waals surface area contributed by atoms with Gasteiger partial charge in [-0.25, -0.2) is 4.98 Å². The lowest BCUT2D eigenvalue weighted by Gasteiger charge is -2.10. The molecule has 1 aromatic heterocycles. The average Bonchev–Trinajstić information content (AvgIpc) is 2.46. The Hall–Kier alpha value is -2.48.